The minimum atomic E-state index is -0.589. The lowest BCUT2D eigenvalue weighted by Crippen LogP contribution is -2.05. The van der Waals surface area contributed by atoms with E-state index in [4.69, 9.17) is 0 Å². The van der Waals surface area contributed by atoms with Crippen LogP contribution in [0.1, 0.15) is 5.56 Å². The van der Waals surface area contributed by atoms with Gasteiger partial charge in [0.15, 0.2) is 5.82 Å². The average molecular weight is 199 g/mol. The molecule has 76 valence electrons. The van der Waals surface area contributed by atoms with Gasteiger partial charge in [-0.05, 0) is 11.6 Å². The number of carbonyl (C=O) groups excluding carboxylic acids is 1. The number of hydrogen-bond donors (Lipinski definition) is 0. The van der Waals surface area contributed by atoms with Gasteiger partial charge >= 0.3 is 5.97 Å². The number of methoxy groups -OCH3 is 2. The minimum Gasteiger partial charge on any atom is -0.479 e. The Kier molecular flexibility index (Phi) is 3.39. The first kappa shape index (κ1) is 10.4. The Morgan fingerprint density at radius 2 is 2.29 bits per heavy atom. The molecule has 0 aliphatic heterocycles. The predicted molar refractivity (Wildman–Crippen MR) is 46.5 cm³/mol. The fourth-order valence-corrected chi connectivity index (χ4v) is 0.951. The maximum atomic E-state index is 13.1. The highest BCUT2D eigenvalue weighted by atomic mass is 19.1. The van der Waals surface area contributed by atoms with Gasteiger partial charge in [-0.1, -0.05) is 0 Å². The van der Waals surface area contributed by atoms with Crippen molar-refractivity contribution in [2.45, 2.75) is 6.42 Å². The van der Waals surface area contributed by atoms with Gasteiger partial charge in [0.05, 0.1) is 20.6 Å². The molecule has 0 aliphatic carbocycles. The molecule has 0 atom stereocenters. The molecule has 14 heavy (non-hydrogen) atoms. The van der Waals surface area contributed by atoms with E-state index < -0.39 is 11.8 Å². The maximum absolute atomic E-state index is 13.1. The Balaban J connectivity index is 2.81. The summed E-state index contributed by atoms with van der Waals surface area (Å²) in [4.78, 5) is 14.5. The quantitative estimate of drug-likeness (QED) is 0.680. The van der Waals surface area contributed by atoms with Crippen LogP contribution >= 0.6 is 0 Å². The predicted octanol–water partition coefficient (Wildman–Crippen LogP) is 0.945. The van der Waals surface area contributed by atoms with E-state index in [1.54, 1.807) is 0 Å². The van der Waals surface area contributed by atoms with E-state index in [0.717, 1.165) is 0 Å². The fraction of sp³-hybridized carbons (Fsp3) is 0.333. The third kappa shape index (κ3) is 2.42. The van der Waals surface area contributed by atoms with E-state index in [2.05, 4.69) is 14.5 Å². The third-order valence-corrected chi connectivity index (χ3v) is 1.63. The summed E-state index contributed by atoms with van der Waals surface area (Å²) in [5, 5.41) is 0. The second kappa shape index (κ2) is 4.55. The number of aromatic nitrogens is 1. The molecule has 0 N–H and O–H groups in total. The Labute approximate surface area is 80.7 Å². The van der Waals surface area contributed by atoms with Crippen molar-refractivity contribution in [2.75, 3.05) is 14.2 Å². The van der Waals surface area contributed by atoms with Crippen molar-refractivity contribution in [3.05, 3.63) is 23.6 Å². The zero-order chi connectivity index (χ0) is 10.6. The van der Waals surface area contributed by atoms with E-state index in [9.17, 15) is 9.18 Å². The van der Waals surface area contributed by atoms with Crippen LogP contribution < -0.4 is 4.74 Å². The fourth-order valence-electron chi connectivity index (χ4n) is 0.951. The van der Waals surface area contributed by atoms with Gasteiger partial charge in [0.2, 0.25) is 5.88 Å². The van der Waals surface area contributed by atoms with E-state index in [0.29, 0.717) is 5.56 Å². The Hall–Kier alpha value is -1.65. The zero-order valence-corrected chi connectivity index (χ0v) is 7.91. The second-order valence-corrected chi connectivity index (χ2v) is 2.59. The van der Waals surface area contributed by atoms with Crippen LogP contribution in [0.15, 0.2) is 12.3 Å². The van der Waals surface area contributed by atoms with Crippen molar-refractivity contribution in [2.24, 2.45) is 0 Å². The third-order valence-electron chi connectivity index (χ3n) is 1.63. The van der Waals surface area contributed by atoms with Gasteiger partial charge in [0.25, 0.3) is 0 Å². The van der Waals surface area contributed by atoms with Crippen LogP contribution in [0.25, 0.3) is 0 Å². The number of nitrogens with zero attached hydrogens (tertiary/aromatic N) is 1. The zero-order valence-electron chi connectivity index (χ0n) is 7.91. The van der Waals surface area contributed by atoms with E-state index >= 15 is 0 Å². The number of carbonyl (C=O) groups is 1. The first-order valence-corrected chi connectivity index (χ1v) is 3.92. The van der Waals surface area contributed by atoms with Crippen LogP contribution in [-0.4, -0.2) is 25.2 Å². The van der Waals surface area contributed by atoms with Gasteiger partial charge in [-0.3, -0.25) is 4.79 Å². The highest BCUT2D eigenvalue weighted by Gasteiger charge is 2.08. The summed E-state index contributed by atoms with van der Waals surface area (Å²) in [5.41, 5.74) is 0.454. The Morgan fingerprint density at radius 1 is 1.57 bits per heavy atom. The largest absolute Gasteiger partial charge is 0.479 e. The van der Waals surface area contributed by atoms with Crippen LogP contribution in [0.3, 0.4) is 0 Å². The molecule has 0 amide bonds. The lowest BCUT2D eigenvalue weighted by Gasteiger charge is -2.02. The van der Waals surface area contributed by atoms with Crippen molar-refractivity contribution < 1.29 is 18.7 Å². The minimum absolute atomic E-state index is 0.00438. The number of pyridine rings is 1. The molecule has 1 rings (SSSR count). The van der Waals surface area contributed by atoms with Crippen LogP contribution in [0.5, 0.6) is 5.88 Å². The second-order valence-electron chi connectivity index (χ2n) is 2.59. The normalized spacial score (nSPS) is 9.64. The monoisotopic (exact) mass is 199 g/mol. The van der Waals surface area contributed by atoms with Crippen molar-refractivity contribution in [1.82, 2.24) is 4.98 Å². The molecular weight excluding hydrogens is 189 g/mol. The lowest BCUT2D eigenvalue weighted by atomic mass is 10.2. The summed E-state index contributed by atoms with van der Waals surface area (Å²) < 4.78 is 22.1. The molecule has 0 spiro atoms. The van der Waals surface area contributed by atoms with E-state index in [-0.39, 0.29) is 12.3 Å². The molecule has 4 nitrogen and oxygen atoms in total. The molecule has 1 aromatic rings. The number of hydrogen-bond acceptors (Lipinski definition) is 4. The molecule has 0 saturated carbocycles. The summed E-state index contributed by atoms with van der Waals surface area (Å²) in [5.74, 6) is -1.11. The number of ether oxygens (including phenoxy) is 2. The molecule has 0 saturated heterocycles. The van der Waals surface area contributed by atoms with E-state index in [1.165, 1.54) is 26.5 Å². The molecule has 0 bridgehead atoms. The summed E-state index contributed by atoms with van der Waals surface area (Å²) in [7, 11) is 2.60. The van der Waals surface area contributed by atoms with Gasteiger partial charge < -0.3 is 9.47 Å². The molecule has 0 fully saturated rings. The van der Waals surface area contributed by atoms with Crippen LogP contribution in [0.2, 0.25) is 0 Å². The van der Waals surface area contributed by atoms with Gasteiger partial charge in [-0.15, -0.1) is 0 Å². The number of esters is 1. The van der Waals surface area contributed by atoms with Crippen molar-refractivity contribution >= 4 is 5.97 Å². The molecule has 0 radical (unpaired) electrons. The van der Waals surface area contributed by atoms with Crippen molar-refractivity contribution in [3.63, 3.8) is 0 Å². The molecule has 1 aromatic heterocycles. The van der Waals surface area contributed by atoms with Gasteiger partial charge in [-0.2, -0.15) is 0 Å². The molecule has 0 unspecified atom stereocenters. The Morgan fingerprint density at radius 3 is 2.79 bits per heavy atom. The molecule has 5 heteroatoms. The number of rotatable bonds is 3. The summed E-state index contributed by atoms with van der Waals surface area (Å²) in [6.45, 7) is 0. The average Bonchev–Trinajstić information content (AvgIpc) is 2.18. The highest BCUT2D eigenvalue weighted by Crippen LogP contribution is 2.14. The van der Waals surface area contributed by atoms with Crippen LogP contribution in [0, 0.1) is 5.82 Å². The number of halogens is 1. The summed E-state index contributed by atoms with van der Waals surface area (Å²) >= 11 is 0. The van der Waals surface area contributed by atoms with Gasteiger partial charge in [0, 0.05) is 6.20 Å². The first-order valence-electron chi connectivity index (χ1n) is 3.92. The molecular formula is C9H10FNO3. The maximum Gasteiger partial charge on any atom is 0.310 e. The van der Waals surface area contributed by atoms with Gasteiger partial charge in [0.1, 0.15) is 0 Å². The highest BCUT2D eigenvalue weighted by molar-refractivity contribution is 5.72. The van der Waals surface area contributed by atoms with Crippen LogP contribution in [0.4, 0.5) is 4.39 Å². The standard InChI is InChI=1S/C9H10FNO3/c1-13-8(12)4-6-3-7(10)9(14-2)11-5-6/h3,5H,4H2,1-2H3. The summed E-state index contributed by atoms with van der Waals surface area (Å²) in [6.07, 6.45) is 1.38. The van der Waals surface area contributed by atoms with Crippen LogP contribution in [-0.2, 0) is 16.0 Å². The van der Waals surface area contributed by atoms with Crippen molar-refractivity contribution in [3.8, 4) is 5.88 Å². The first-order chi connectivity index (χ1) is 6.67. The van der Waals surface area contributed by atoms with Crippen molar-refractivity contribution in [1.29, 1.82) is 0 Å². The molecule has 0 aromatic carbocycles. The van der Waals surface area contributed by atoms with E-state index in [1.807, 2.05) is 0 Å². The molecule has 1 heterocycles. The smallest absolute Gasteiger partial charge is 0.310 e. The SMILES string of the molecule is COC(=O)Cc1cnc(OC)c(F)c1. The lowest BCUT2D eigenvalue weighted by molar-refractivity contribution is -0.139. The Bertz CT molecular complexity index is 341. The van der Waals surface area contributed by atoms with Gasteiger partial charge in [-0.25, -0.2) is 9.37 Å². The summed E-state index contributed by atoms with van der Waals surface area (Å²) in [6, 6.07) is 1.20. The molecule has 0 aliphatic rings. The topological polar surface area (TPSA) is 48.4 Å².